The number of rotatable bonds is 9. The highest BCUT2D eigenvalue weighted by Crippen LogP contribution is 2.56. The van der Waals surface area contributed by atoms with Crippen molar-refractivity contribution in [1.82, 2.24) is 10.5 Å². The molecule has 1 aliphatic rings. The topological polar surface area (TPSA) is 97.8 Å². The molecule has 1 amide bonds. The fraction of sp³-hybridized carbons (Fsp3) is 0.346. The van der Waals surface area contributed by atoms with Crippen LogP contribution < -0.4 is 10.2 Å². The van der Waals surface area contributed by atoms with Crippen LogP contribution in [0.5, 0.6) is 5.75 Å². The van der Waals surface area contributed by atoms with Gasteiger partial charge in [-0.15, -0.1) is 0 Å². The Morgan fingerprint density at radius 1 is 1.18 bits per heavy atom. The summed E-state index contributed by atoms with van der Waals surface area (Å²) in [5.41, 5.74) is 4.58. The number of amides is 1. The maximum Gasteiger partial charge on any atom is 0.313 e. The second-order valence-electron chi connectivity index (χ2n) is 8.57. The molecule has 2 atom stereocenters. The monoisotopic (exact) mass is 448 g/mol. The molecule has 0 radical (unpaired) electrons. The van der Waals surface area contributed by atoms with Gasteiger partial charge in [0, 0.05) is 16.6 Å². The number of hydrogen-bond acceptors (Lipinski definition) is 6. The van der Waals surface area contributed by atoms with Gasteiger partial charge in [-0.2, -0.15) is 0 Å². The first-order valence-corrected chi connectivity index (χ1v) is 11.1. The number of aryl methyl sites for hydroxylation is 1. The predicted molar refractivity (Wildman–Crippen MR) is 123 cm³/mol. The summed E-state index contributed by atoms with van der Waals surface area (Å²) in [6, 6.07) is 17.5. The molecule has 1 fully saturated rings. The minimum atomic E-state index is -0.933. The second kappa shape index (κ2) is 9.58. The molecule has 2 aromatic carbocycles. The maximum atomic E-state index is 12.7. The summed E-state index contributed by atoms with van der Waals surface area (Å²) in [6.45, 7) is 4.60. The number of pyridine rings is 1. The zero-order chi connectivity index (χ0) is 23.4. The molecule has 1 heterocycles. The third-order valence-corrected chi connectivity index (χ3v) is 6.11. The molecule has 7 heteroatoms. The molecular weight excluding hydrogens is 420 g/mol. The number of fused-ring (bicyclic) bond motifs is 1. The Balaban J connectivity index is 1.45. The number of nitrogens with one attached hydrogen (secondary N) is 1. The lowest BCUT2D eigenvalue weighted by molar-refractivity contribution is -0.152. The molecule has 3 aromatic rings. The van der Waals surface area contributed by atoms with Gasteiger partial charge in [0.25, 0.3) is 0 Å². The molecule has 1 aliphatic carbocycles. The largest absolute Gasteiger partial charge is 0.489 e. The van der Waals surface area contributed by atoms with Gasteiger partial charge in [0.15, 0.2) is 0 Å². The molecular formula is C26H28N2O5. The summed E-state index contributed by atoms with van der Waals surface area (Å²) >= 11 is 0. The first-order valence-electron chi connectivity index (χ1n) is 11.1. The van der Waals surface area contributed by atoms with E-state index in [0.717, 1.165) is 27.7 Å². The number of para-hydroxylation sites is 1. The lowest BCUT2D eigenvalue weighted by atomic mass is 9.93. The van der Waals surface area contributed by atoms with Crippen molar-refractivity contribution in [2.24, 2.45) is 11.3 Å². The molecule has 4 rings (SSSR count). The Hall–Kier alpha value is -3.45. The Kier molecular flexibility index (Phi) is 6.60. The van der Waals surface area contributed by atoms with Gasteiger partial charge in [0.1, 0.15) is 12.4 Å². The lowest BCUT2D eigenvalue weighted by Crippen LogP contribution is -2.30. The summed E-state index contributed by atoms with van der Waals surface area (Å²) in [4.78, 5) is 29.2. The third kappa shape index (κ3) is 4.83. The van der Waals surface area contributed by atoms with Crippen molar-refractivity contribution in [3.05, 3.63) is 71.4 Å². The van der Waals surface area contributed by atoms with Gasteiger partial charge in [-0.25, -0.2) is 5.48 Å². The average molecular weight is 449 g/mol. The zero-order valence-corrected chi connectivity index (χ0v) is 18.8. The van der Waals surface area contributed by atoms with Crippen molar-refractivity contribution in [3.8, 4) is 5.75 Å². The predicted octanol–water partition coefficient (Wildman–Crippen LogP) is 4.13. The summed E-state index contributed by atoms with van der Waals surface area (Å²) < 4.78 is 11.4. The summed E-state index contributed by atoms with van der Waals surface area (Å²) in [6.07, 6.45) is 1.42. The molecule has 0 unspecified atom stereocenters. The van der Waals surface area contributed by atoms with Crippen LogP contribution >= 0.6 is 0 Å². The quantitative estimate of drug-likeness (QED) is 0.290. The number of hydroxylamine groups is 1. The van der Waals surface area contributed by atoms with Crippen LogP contribution in [-0.2, 0) is 27.4 Å². The van der Waals surface area contributed by atoms with Gasteiger partial charge >= 0.3 is 5.97 Å². The zero-order valence-electron chi connectivity index (χ0n) is 18.8. The lowest BCUT2D eigenvalue weighted by Gasteiger charge is -2.16. The number of aromatic nitrogens is 1. The fourth-order valence-electron chi connectivity index (χ4n) is 4.30. The summed E-state index contributed by atoms with van der Waals surface area (Å²) in [5, 5.41) is 10.1. The first kappa shape index (κ1) is 22.7. The van der Waals surface area contributed by atoms with E-state index in [-0.39, 0.29) is 0 Å². The molecule has 1 aromatic heterocycles. The molecule has 0 aliphatic heterocycles. The van der Waals surface area contributed by atoms with E-state index in [1.165, 1.54) is 0 Å². The molecule has 172 valence electrons. The fourth-order valence-corrected chi connectivity index (χ4v) is 4.30. The number of carbonyl (C=O) groups excluding carboxylic acids is 2. The first-order chi connectivity index (χ1) is 16.0. The SMILES string of the molecule is CCCOC(=O)[C@@]1(Cc2ccc(OCc3cc(C)nc4ccccc34)cc2)C[C@@H]1C(=O)NO. The van der Waals surface area contributed by atoms with Crippen LogP contribution in [0, 0.1) is 18.3 Å². The smallest absolute Gasteiger partial charge is 0.313 e. The van der Waals surface area contributed by atoms with E-state index < -0.39 is 23.2 Å². The number of nitrogens with zero attached hydrogens (tertiary/aromatic N) is 1. The molecule has 0 bridgehead atoms. The van der Waals surface area contributed by atoms with E-state index >= 15 is 0 Å². The van der Waals surface area contributed by atoms with Gasteiger partial charge < -0.3 is 9.47 Å². The second-order valence-corrected chi connectivity index (χ2v) is 8.57. The molecule has 33 heavy (non-hydrogen) atoms. The van der Waals surface area contributed by atoms with Gasteiger partial charge in [-0.3, -0.25) is 19.8 Å². The van der Waals surface area contributed by atoms with Crippen molar-refractivity contribution in [2.75, 3.05) is 6.61 Å². The Morgan fingerprint density at radius 2 is 1.94 bits per heavy atom. The Labute approximate surface area is 192 Å². The minimum absolute atomic E-state index is 0.310. The number of hydrogen-bond donors (Lipinski definition) is 2. The molecule has 1 saturated carbocycles. The van der Waals surface area contributed by atoms with Crippen LogP contribution in [0.3, 0.4) is 0 Å². The van der Waals surface area contributed by atoms with Crippen molar-refractivity contribution in [3.63, 3.8) is 0 Å². The maximum absolute atomic E-state index is 12.7. The summed E-state index contributed by atoms with van der Waals surface area (Å²) in [7, 11) is 0. The van der Waals surface area contributed by atoms with Crippen LogP contribution in [0.1, 0.15) is 36.6 Å². The third-order valence-electron chi connectivity index (χ3n) is 6.11. The van der Waals surface area contributed by atoms with Crippen molar-refractivity contribution < 1.29 is 24.3 Å². The number of benzene rings is 2. The van der Waals surface area contributed by atoms with Gasteiger partial charge in [0.05, 0.1) is 23.5 Å². The van der Waals surface area contributed by atoms with Crippen molar-refractivity contribution in [1.29, 1.82) is 0 Å². The average Bonchev–Trinajstić information content (AvgIpc) is 3.56. The van der Waals surface area contributed by atoms with E-state index in [0.29, 0.717) is 38.2 Å². The Bertz CT molecular complexity index is 1160. The van der Waals surface area contributed by atoms with Gasteiger partial charge in [-0.05, 0) is 56.0 Å². The van der Waals surface area contributed by atoms with Gasteiger partial charge in [0.2, 0.25) is 5.91 Å². The van der Waals surface area contributed by atoms with E-state index in [2.05, 4.69) is 4.98 Å². The summed E-state index contributed by atoms with van der Waals surface area (Å²) in [5.74, 6) is -0.826. The highest BCUT2D eigenvalue weighted by molar-refractivity contribution is 5.93. The van der Waals surface area contributed by atoms with E-state index in [1.54, 1.807) is 5.48 Å². The highest BCUT2D eigenvalue weighted by atomic mass is 16.5. The van der Waals surface area contributed by atoms with Crippen LogP contribution in [-0.4, -0.2) is 28.7 Å². The number of esters is 1. The Morgan fingerprint density at radius 3 is 2.67 bits per heavy atom. The normalized spacial score (nSPS) is 19.2. The van der Waals surface area contributed by atoms with Crippen LogP contribution in [0.15, 0.2) is 54.6 Å². The molecule has 7 nitrogen and oxygen atoms in total. The minimum Gasteiger partial charge on any atom is -0.489 e. The van der Waals surface area contributed by atoms with Crippen molar-refractivity contribution in [2.45, 2.75) is 39.7 Å². The number of carbonyl (C=O) groups is 2. The molecule has 0 saturated heterocycles. The molecule has 0 spiro atoms. The van der Waals surface area contributed by atoms with Gasteiger partial charge in [-0.1, -0.05) is 37.3 Å². The van der Waals surface area contributed by atoms with E-state index in [1.807, 2.05) is 68.4 Å². The van der Waals surface area contributed by atoms with Crippen LogP contribution in [0.2, 0.25) is 0 Å². The van der Waals surface area contributed by atoms with E-state index in [4.69, 9.17) is 14.7 Å². The van der Waals surface area contributed by atoms with Crippen molar-refractivity contribution >= 4 is 22.8 Å². The van der Waals surface area contributed by atoms with Crippen LogP contribution in [0.25, 0.3) is 10.9 Å². The highest BCUT2D eigenvalue weighted by Gasteiger charge is 2.64. The molecule has 2 N–H and O–H groups in total. The number of ether oxygens (including phenoxy) is 2. The van der Waals surface area contributed by atoms with E-state index in [9.17, 15) is 9.59 Å². The standard InChI is InChI=1S/C26H28N2O5/c1-3-12-32-25(30)26(15-22(26)24(29)28-31)14-18-8-10-20(11-9-18)33-16-19-13-17(2)27-23-7-5-4-6-21(19)23/h4-11,13,22,31H,3,12,14-16H2,1-2H3,(H,28,29)/t22-,26+/m1/s1. The van der Waals surface area contributed by atoms with Crippen LogP contribution in [0.4, 0.5) is 0 Å².